The summed E-state index contributed by atoms with van der Waals surface area (Å²) in [6.07, 6.45) is -9.21. The van der Waals surface area contributed by atoms with Crippen LogP contribution in [0.5, 0.6) is 0 Å². The maximum absolute atomic E-state index is 13.2. The molecule has 0 N–H and O–H groups in total. The van der Waals surface area contributed by atoms with E-state index in [0.29, 0.717) is 30.8 Å². The Morgan fingerprint density at radius 1 is 1.03 bits per heavy atom. The van der Waals surface area contributed by atoms with Gasteiger partial charge in [-0.2, -0.15) is 26.3 Å². The molecular formula is C24H26F6N2O3. The van der Waals surface area contributed by atoms with Gasteiger partial charge in [-0.1, -0.05) is 6.07 Å². The van der Waals surface area contributed by atoms with Crippen molar-refractivity contribution in [1.82, 2.24) is 9.88 Å². The fraction of sp³-hybridized carbons (Fsp3) is 0.500. The molecule has 192 valence electrons. The van der Waals surface area contributed by atoms with Crippen molar-refractivity contribution in [3.8, 4) is 0 Å². The molecule has 0 saturated carbocycles. The summed E-state index contributed by atoms with van der Waals surface area (Å²) < 4.78 is 90.6. The van der Waals surface area contributed by atoms with Crippen LogP contribution >= 0.6 is 0 Å². The van der Waals surface area contributed by atoms with Crippen molar-refractivity contribution < 1.29 is 40.6 Å². The van der Waals surface area contributed by atoms with Gasteiger partial charge in [-0.3, -0.25) is 4.98 Å². The first kappa shape index (κ1) is 26.8. The lowest BCUT2D eigenvalue weighted by Gasteiger charge is -2.38. The number of pyridine rings is 1. The van der Waals surface area contributed by atoms with E-state index in [0.717, 1.165) is 0 Å². The van der Waals surface area contributed by atoms with Gasteiger partial charge in [0, 0.05) is 24.4 Å². The Balaban J connectivity index is 1.85. The van der Waals surface area contributed by atoms with Gasteiger partial charge < -0.3 is 14.4 Å². The minimum Gasteiger partial charge on any atom is -0.444 e. The summed E-state index contributed by atoms with van der Waals surface area (Å²) in [4.78, 5) is 18.3. The Kier molecular flexibility index (Phi) is 7.68. The number of hydrogen-bond donors (Lipinski definition) is 0. The lowest BCUT2D eigenvalue weighted by molar-refractivity contribution is -0.143. The van der Waals surface area contributed by atoms with Gasteiger partial charge >= 0.3 is 18.4 Å². The van der Waals surface area contributed by atoms with Gasteiger partial charge in [0.1, 0.15) is 5.60 Å². The van der Waals surface area contributed by atoms with Gasteiger partial charge in [0.25, 0.3) is 0 Å². The van der Waals surface area contributed by atoms with Crippen LogP contribution < -0.4 is 0 Å². The molecule has 5 nitrogen and oxygen atoms in total. The lowest BCUT2D eigenvalue weighted by atomic mass is 9.90. The number of piperidine rings is 1. The molecule has 1 saturated heterocycles. The summed E-state index contributed by atoms with van der Waals surface area (Å²) in [6, 6.07) is 6.60. The third kappa shape index (κ3) is 7.33. The number of halogens is 6. The number of aromatic nitrogens is 1. The van der Waals surface area contributed by atoms with Gasteiger partial charge in [-0.15, -0.1) is 0 Å². The minimum absolute atomic E-state index is 0.0429. The highest BCUT2D eigenvalue weighted by Gasteiger charge is 2.38. The fourth-order valence-electron chi connectivity index (χ4n) is 3.82. The Hall–Kier alpha value is -2.82. The first-order chi connectivity index (χ1) is 16.1. The molecule has 35 heavy (non-hydrogen) atoms. The summed E-state index contributed by atoms with van der Waals surface area (Å²) in [5, 5.41) is 0. The molecule has 0 unspecified atom stereocenters. The maximum Gasteiger partial charge on any atom is 0.416 e. The van der Waals surface area contributed by atoms with Crippen molar-refractivity contribution in [2.45, 2.75) is 63.8 Å². The van der Waals surface area contributed by atoms with Gasteiger partial charge in [0.2, 0.25) is 0 Å². The molecule has 2 atom stereocenters. The predicted octanol–water partition coefficient (Wildman–Crippen LogP) is 6.43. The smallest absolute Gasteiger partial charge is 0.416 e. The number of ether oxygens (including phenoxy) is 2. The summed E-state index contributed by atoms with van der Waals surface area (Å²) in [5.74, 6) is -0.317. The third-order valence-corrected chi connectivity index (χ3v) is 5.39. The molecule has 0 bridgehead atoms. The normalized spacial score (nSPS) is 19.5. The van der Waals surface area contributed by atoms with Crippen LogP contribution in [0.1, 0.15) is 55.5 Å². The number of amides is 1. The van der Waals surface area contributed by atoms with E-state index in [4.69, 9.17) is 9.47 Å². The Morgan fingerprint density at radius 3 is 2.17 bits per heavy atom. The fourth-order valence-corrected chi connectivity index (χ4v) is 3.82. The van der Waals surface area contributed by atoms with Crippen LogP contribution in [0.4, 0.5) is 31.1 Å². The molecule has 1 aromatic heterocycles. The molecule has 1 aliphatic rings. The highest BCUT2D eigenvalue weighted by molar-refractivity contribution is 5.68. The molecule has 2 aromatic rings. The zero-order chi connectivity index (χ0) is 26.0. The molecule has 1 aliphatic heterocycles. The highest BCUT2D eigenvalue weighted by atomic mass is 19.4. The molecule has 1 aromatic carbocycles. The number of rotatable bonds is 4. The molecule has 0 radical (unpaired) electrons. The SMILES string of the molecule is CC(C)(C)OC(=O)N1CC[C@@H](c2ccccn2)[C@@H](OCc2cc(C(F)(F)F)cc(C(F)(F)F)c2)C1. The molecule has 2 heterocycles. The number of hydrogen-bond acceptors (Lipinski definition) is 4. The number of carbonyl (C=O) groups excluding carboxylic acids is 1. The van der Waals surface area contributed by atoms with Crippen molar-refractivity contribution in [3.05, 3.63) is 65.0 Å². The molecule has 11 heteroatoms. The van der Waals surface area contributed by atoms with E-state index in [1.165, 1.54) is 4.90 Å². The monoisotopic (exact) mass is 504 g/mol. The van der Waals surface area contributed by atoms with E-state index in [-0.39, 0.29) is 24.1 Å². The molecule has 0 aliphatic carbocycles. The highest BCUT2D eigenvalue weighted by Crippen LogP contribution is 2.37. The average Bonchev–Trinajstić information content (AvgIpc) is 2.75. The van der Waals surface area contributed by atoms with E-state index >= 15 is 0 Å². The zero-order valence-electron chi connectivity index (χ0n) is 19.4. The third-order valence-electron chi connectivity index (χ3n) is 5.39. The van der Waals surface area contributed by atoms with Crippen LogP contribution in [0, 0.1) is 0 Å². The Labute approximate surface area is 199 Å². The second-order valence-corrected chi connectivity index (χ2v) is 9.34. The van der Waals surface area contributed by atoms with Crippen LogP contribution in [0.3, 0.4) is 0 Å². The molecular weight excluding hydrogens is 478 g/mol. The quantitative estimate of drug-likeness (QED) is 0.451. The van der Waals surface area contributed by atoms with Crippen molar-refractivity contribution >= 4 is 6.09 Å². The number of benzene rings is 1. The minimum atomic E-state index is -4.95. The molecule has 3 rings (SSSR count). The van der Waals surface area contributed by atoms with Gasteiger partial charge in [0.15, 0.2) is 0 Å². The van der Waals surface area contributed by atoms with E-state index < -0.39 is 47.9 Å². The van der Waals surface area contributed by atoms with Crippen molar-refractivity contribution in [3.63, 3.8) is 0 Å². The number of likely N-dealkylation sites (tertiary alicyclic amines) is 1. The van der Waals surface area contributed by atoms with E-state index in [9.17, 15) is 31.1 Å². The summed E-state index contributed by atoms with van der Waals surface area (Å²) in [6.45, 7) is 5.00. The van der Waals surface area contributed by atoms with Crippen LogP contribution in [-0.2, 0) is 28.4 Å². The van der Waals surface area contributed by atoms with Crippen molar-refractivity contribution in [1.29, 1.82) is 0 Å². The lowest BCUT2D eigenvalue weighted by Crippen LogP contribution is -2.48. The first-order valence-corrected chi connectivity index (χ1v) is 10.9. The summed E-state index contributed by atoms with van der Waals surface area (Å²) in [7, 11) is 0. The van der Waals surface area contributed by atoms with Crippen LogP contribution in [0.15, 0.2) is 42.6 Å². The van der Waals surface area contributed by atoms with Crippen molar-refractivity contribution in [2.24, 2.45) is 0 Å². The molecule has 1 fully saturated rings. The average molecular weight is 504 g/mol. The summed E-state index contributed by atoms with van der Waals surface area (Å²) >= 11 is 0. The number of nitrogens with zero attached hydrogens (tertiary/aromatic N) is 2. The standard InChI is InChI=1S/C24H26F6N2O3/c1-22(2,3)35-21(33)32-9-7-18(19-6-4-5-8-31-19)20(13-32)34-14-15-10-16(23(25,26)27)12-17(11-15)24(28,29)30/h4-6,8,10-12,18,20H,7,9,13-14H2,1-3H3/t18-,20-/m0/s1. The van der Waals surface area contributed by atoms with E-state index in [1.807, 2.05) is 0 Å². The Morgan fingerprint density at radius 2 is 1.66 bits per heavy atom. The second kappa shape index (κ2) is 10.0. The maximum atomic E-state index is 13.2. The van der Waals surface area contributed by atoms with Crippen LogP contribution in [0.2, 0.25) is 0 Å². The molecule has 0 spiro atoms. The van der Waals surface area contributed by atoms with Crippen molar-refractivity contribution in [2.75, 3.05) is 13.1 Å². The van der Waals surface area contributed by atoms with Crippen LogP contribution in [0.25, 0.3) is 0 Å². The van der Waals surface area contributed by atoms with E-state index in [2.05, 4.69) is 4.98 Å². The zero-order valence-corrected chi connectivity index (χ0v) is 19.4. The van der Waals surface area contributed by atoms with Gasteiger partial charge in [-0.05, 0) is 63.1 Å². The van der Waals surface area contributed by atoms with Gasteiger partial charge in [0.05, 0.1) is 30.4 Å². The predicted molar refractivity (Wildman–Crippen MR) is 114 cm³/mol. The number of carbonyl (C=O) groups is 1. The Bertz CT molecular complexity index is 986. The van der Waals surface area contributed by atoms with Gasteiger partial charge in [-0.25, -0.2) is 4.79 Å². The van der Waals surface area contributed by atoms with E-state index in [1.54, 1.807) is 45.2 Å². The summed E-state index contributed by atoms with van der Waals surface area (Å²) in [5.41, 5.74) is -3.18. The number of alkyl halides is 6. The topological polar surface area (TPSA) is 51.7 Å². The first-order valence-electron chi connectivity index (χ1n) is 10.9. The second-order valence-electron chi connectivity index (χ2n) is 9.34. The largest absolute Gasteiger partial charge is 0.444 e. The molecule has 1 amide bonds. The van der Waals surface area contributed by atoms with Crippen LogP contribution in [-0.4, -0.2) is 40.8 Å².